The zero-order chi connectivity index (χ0) is 13.0. The molecule has 0 amide bonds. The second-order valence-corrected chi connectivity index (χ2v) is 4.83. The molecule has 0 N–H and O–H groups in total. The average Bonchev–Trinajstić information content (AvgIpc) is 2.36. The molecule has 0 heterocycles. The first-order valence-corrected chi connectivity index (χ1v) is 6.30. The molecular weight excluding hydrogens is 210 g/mol. The molecule has 0 bridgehead atoms. The topological polar surface area (TPSA) is 20.3 Å². The van der Waals surface area contributed by atoms with Crippen LogP contribution in [-0.4, -0.2) is 29.8 Å². The molecule has 1 rings (SSSR count). The highest BCUT2D eigenvalue weighted by Gasteiger charge is 2.22. The monoisotopic (exact) mass is 233 g/mol. The van der Waals surface area contributed by atoms with Crippen molar-refractivity contribution in [1.29, 1.82) is 0 Å². The zero-order valence-electron chi connectivity index (χ0n) is 11.5. The third kappa shape index (κ3) is 3.40. The molecule has 1 aromatic carbocycles. The summed E-state index contributed by atoms with van der Waals surface area (Å²) in [5, 5.41) is 0. The van der Waals surface area contributed by atoms with Crippen LogP contribution in [0.4, 0.5) is 0 Å². The summed E-state index contributed by atoms with van der Waals surface area (Å²) in [6.45, 7) is 8.31. The fraction of sp³-hybridized carbons (Fsp3) is 0.533. The number of carbonyl (C=O) groups excluding carboxylic acids is 1. The number of aryl methyl sites for hydroxylation is 1. The number of hydrogen-bond donors (Lipinski definition) is 0. The third-order valence-corrected chi connectivity index (χ3v) is 3.61. The van der Waals surface area contributed by atoms with E-state index in [0.717, 1.165) is 12.0 Å². The molecule has 0 aliphatic rings. The van der Waals surface area contributed by atoms with Crippen molar-refractivity contribution in [3.05, 3.63) is 35.4 Å². The van der Waals surface area contributed by atoms with E-state index in [-0.39, 0.29) is 11.8 Å². The lowest BCUT2D eigenvalue weighted by Gasteiger charge is -2.29. The molecule has 2 nitrogen and oxygen atoms in total. The lowest BCUT2D eigenvalue weighted by molar-refractivity contribution is 0.0824. The van der Waals surface area contributed by atoms with E-state index in [1.165, 1.54) is 5.56 Å². The second kappa shape index (κ2) is 5.97. The lowest BCUT2D eigenvalue weighted by atomic mass is 10.0. The Bertz CT molecular complexity index is 369. The molecule has 94 valence electrons. The average molecular weight is 233 g/mol. The van der Waals surface area contributed by atoms with Gasteiger partial charge in [-0.25, -0.2) is 0 Å². The van der Waals surface area contributed by atoms with E-state index in [9.17, 15) is 4.79 Å². The standard InChI is InChI=1S/C15H23NO/c1-6-12(3)16(5)13(4)15(17)14-9-7-11(2)8-10-14/h7-10,12-13H,6H2,1-5H3. The molecule has 0 saturated carbocycles. The Morgan fingerprint density at radius 1 is 1.24 bits per heavy atom. The number of carbonyl (C=O) groups is 1. The van der Waals surface area contributed by atoms with Crippen LogP contribution >= 0.6 is 0 Å². The molecule has 0 aromatic heterocycles. The van der Waals surface area contributed by atoms with Crippen LogP contribution in [0.15, 0.2) is 24.3 Å². The zero-order valence-corrected chi connectivity index (χ0v) is 11.5. The van der Waals surface area contributed by atoms with Crippen LogP contribution in [-0.2, 0) is 0 Å². The smallest absolute Gasteiger partial charge is 0.179 e. The van der Waals surface area contributed by atoms with Gasteiger partial charge in [0.05, 0.1) is 6.04 Å². The highest BCUT2D eigenvalue weighted by molar-refractivity contribution is 5.99. The van der Waals surface area contributed by atoms with E-state index in [1.807, 2.05) is 45.2 Å². The minimum absolute atomic E-state index is 0.0624. The molecule has 2 unspecified atom stereocenters. The number of nitrogens with zero attached hydrogens (tertiary/aromatic N) is 1. The highest BCUT2D eigenvalue weighted by Crippen LogP contribution is 2.12. The summed E-state index contributed by atoms with van der Waals surface area (Å²) in [7, 11) is 2.02. The molecule has 0 aliphatic heterocycles. The van der Waals surface area contributed by atoms with Crippen LogP contribution < -0.4 is 0 Å². The Hall–Kier alpha value is -1.15. The molecule has 0 fully saturated rings. The largest absolute Gasteiger partial charge is 0.294 e. The Morgan fingerprint density at radius 2 is 1.76 bits per heavy atom. The lowest BCUT2D eigenvalue weighted by Crippen LogP contribution is -2.41. The summed E-state index contributed by atoms with van der Waals surface area (Å²) in [4.78, 5) is 14.4. The Balaban J connectivity index is 2.79. The van der Waals surface area contributed by atoms with E-state index < -0.39 is 0 Å². The van der Waals surface area contributed by atoms with E-state index in [0.29, 0.717) is 6.04 Å². The van der Waals surface area contributed by atoms with E-state index in [2.05, 4.69) is 18.7 Å². The van der Waals surface area contributed by atoms with Crippen molar-refractivity contribution >= 4 is 5.78 Å². The quantitative estimate of drug-likeness (QED) is 0.727. The van der Waals surface area contributed by atoms with Crippen molar-refractivity contribution in [2.75, 3.05) is 7.05 Å². The van der Waals surface area contributed by atoms with Crippen molar-refractivity contribution < 1.29 is 4.79 Å². The molecule has 0 aliphatic carbocycles. The summed E-state index contributed by atoms with van der Waals surface area (Å²) >= 11 is 0. The van der Waals surface area contributed by atoms with Gasteiger partial charge in [-0.1, -0.05) is 36.8 Å². The minimum atomic E-state index is -0.0624. The maximum absolute atomic E-state index is 12.3. The molecule has 1 aromatic rings. The molecule has 0 spiro atoms. The van der Waals surface area contributed by atoms with Gasteiger partial charge >= 0.3 is 0 Å². The minimum Gasteiger partial charge on any atom is -0.294 e. The van der Waals surface area contributed by atoms with Gasteiger partial charge in [-0.15, -0.1) is 0 Å². The maximum atomic E-state index is 12.3. The van der Waals surface area contributed by atoms with E-state index in [4.69, 9.17) is 0 Å². The summed E-state index contributed by atoms with van der Waals surface area (Å²) in [5.74, 6) is 0.202. The molecular formula is C15H23NO. The van der Waals surface area contributed by atoms with Crippen molar-refractivity contribution in [2.45, 2.75) is 46.2 Å². The number of hydrogen-bond acceptors (Lipinski definition) is 2. The Labute approximate surface area is 105 Å². The SMILES string of the molecule is CCC(C)N(C)C(C)C(=O)c1ccc(C)cc1. The van der Waals surface area contributed by atoms with Crippen LogP contribution in [0, 0.1) is 6.92 Å². The van der Waals surface area contributed by atoms with Crippen LogP contribution in [0.2, 0.25) is 0 Å². The third-order valence-electron chi connectivity index (χ3n) is 3.61. The number of Topliss-reactive ketones (excluding diaryl/α,β-unsaturated/α-hetero) is 1. The van der Waals surface area contributed by atoms with Gasteiger partial charge in [-0.3, -0.25) is 9.69 Å². The predicted octanol–water partition coefficient (Wildman–Crippen LogP) is 3.30. The normalized spacial score (nSPS) is 14.7. The van der Waals surface area contributed by atoms with E-state index in [1.54, 1.807) is 0 Å². The van der Waals surface area contributed by atoms with Crippen molar-refractivity contribution in [1.82, 2.24) is 4.90 Å². The van der Waals surface area contributed by atoms with Crippen LogP contribution in [0.1, 0.15) is 43.1 Å². The van der Waals surface area contributed by atoms with Crippen LogP contribution in [0.25, 0.3) is 0 Å². The van der Waals surface area contributed by atoms with Gasteiger partial charge in [0.25, 0.3) is 0 Å². The summed E-state index contributed by atoms with van der Waals surface area (Å²) in [5.41, 5.74) is 1.99. The first kappa shape index (κ1) is 13.9. The fourth-order valence-electron chi connectivity index (χ4n) is 1.81. The summed E-state index contributed by atoms with van der Waals surface area (Å²) in [6.07, 6.45) is 1.06. The highest BCUT2D eigenvalue weighted by atomic mass is 16.1. The van der Waals surface area contributed by atoms with Gasteiger partial charge in [-0.2, -0.15) is 0 Å². The number of benzene rings is 1. The van der Waals surface area contributed by atoms with Crippen molar-refractivity contribution in [3.63, 3.8) is 0 Å². The molecule has 2 heteroatoms. The summed E-state index contributed by atoms with van der Waals surface area (Å²) < 4.78 is 0. The van der Waals surface area contributed by atoms with Crippen molar-refractivity contribution in [2.24, 2.45) is 0 Å². The van der Waals surface area contributed by atoms with Gasteiger partial charge in [-0.05, 0) is 34.2 Å². The first-order valence-electron chi connectivity index (χ1n) is 6.30. The maximum Gasteiger partial charge on any atom is 0.179 e. The fourth-order valence-corrected chi connectivity index (χ4v) is 1.81. The van der Waals surface area contributed by atoms with Gasteiger partial charge in [0.2, 0.25) is 0 Å². The Morgan fingerprint density at radius 3 is 2.24 bits per heavy atom. The van der Waals surface area contributed by atoms with Gasteiger partial charge < -0.3 is 0 Å². The molecule has 17 heavy (non-hydrogen) atoms. The molecule has 0 saturated heterocycles. The number of rotatable bonds is 5. The number of ketones is 1. The van der Waals surface area contributed by atoms with Gasteiger partial charge in [0.15, 0.2) is 5.78 Å². The second-order valence-electron chi connectivity index (χ2n) is 4.83. The van der Waals surface area contributed by atoms with Gasteiger partial charge in [0.1, 0.15) is 0 Å². The Kier molecular flexibility index (Phi) is 4.88. The summed E-state index contributed by atoms with van der Waals surface area (Å²) in [6, 6.07) is 8.18. The van der Waals surface area contributed by atoms with Crippen LogP contribution in [0.3, 0.4) is 0 Å². The van der Waals surface area contributed by atoms with E-state index >= 15 is 0 Å². The predicted molar refractivity (Wildman–Crippen MR) is 72.5 cm³/mol. The van der Waals surface area contributed by atoms with Crippen LogP contribution in [0.5, 0.6) is 0 Å². The van der Waals surface area contributed by atoms with Crippen molar-refractivity contribution in [3.8, 4) is 0 Å². The molecule has 0 radical (unpaired) electrons. The number of likely N-dealkylation sites (N-methyl/N-ethyl adjacent to an activating group) is 1. The molecule has 2 atom stereocenters. The van der Waals surface area contributed by atoms with Gasteiger partial charge in [0, 0.05) is 11.6 Å². The first-order chi connectivity index (χ1) is 7.97.